The summed E-state index contributed by atoms with van der Waals surface area (Å²) in [7, 11) is -8.91. The Balaban J connectivity index is 2.10. The number of nitrogens with one attached hydrogen (secondary N) is 1. The molecule has 12 heteroatoms. The van der Waals surface area contributed by atoms with Crippen LogP contribution in [0.5, 0.6) is 0 Å². The highest BCUT2D eigenvalue weighted by Gasteiger charge is 2.28. The van der Waals surface area contributed by atoms with Gasteiger partial charge in [-0.2, -0.15) is 8.42 Å². The molecule has 0 unspecified atom stereocenters. The molecule has 0 radical (unpaired) electrons. The van der Waals surface area contributed by atoms with Gasteiger partial charge in [-0.3, -0.25) is 4.55 Å². The maximum Gasteiger partial charge on any atom is 0.363 e. The summed E-state index contributed by atoms with van der Waals surface area (Å²) < 4.78 is 70.1. The number of benzene rings is 3. The molecular weight excluding hydrogens is 564 g/mol. The van der Waals surface area contributed by atoms with Gasteiger partial charge in [-0.15, -0.1) is 0 Å². The van der Waals surface area contributed by atoms with E-state index in [1.54, 1.807) is 0 Å². The van der Waals surface area contributed by atoms with E-state index < -0.39 is 25.0 Å². The van der Waals surface area contributed by atoms with E-state index in [1.165, 1.54) is 12.1 Å². The first-order valence-electron chi connectivity index (χ1n) is 13.6. The highest BCUT2D eigenvalue weighted by atomic mass is 32.2. The SMILES string of the molecule is CCN(CC)c1ccc2c(-c3ccc(S(=O)(=O)NCCN)cc3S(=O)(=O)O)c3ccc(N(CC)CC)cc3[o+]c2c1. The number of anilines is 2. The van der Waals surface area contributed by atoms with E-state index in [2.05, 4.69) is 42.2 Å². The summed E-state index contributed by atoms with van der Waals surface area (Å²) in [5, 5.41) is 1.23. The van der Waals surface area contributed by atoms with Crippen molar-refractivity contribution < 1.29 is 25.8 Å². The van der Waals surface area contributed by atoms with E-state index in [0.717, 1.165) is 43.6 Å². The van der Waals surface area contributed by atoms with Crippen molar-refractivity contribution in [3.05, 3.63) is 54.6 Å². The lowest BCUT2D eigenvalue weighted by molar-refractivity contribution is 0.483. The Labute approximate surface area is 241 Å². The Morgan fingerprint density at radius 2 is 1.29 bits per heavy atom. The predicted octanol–water partition coefficient (Wildman–Crippen LogP) is 4.71. The van der Waals surface area contributed by atoms with Crippen LogP contribution in [0.4, 0.5) is 11.4 Å². The van der Waals surface area contributed by atoms with Gasteiger partial charge >= 0.3 is 11.2 Å². The summed E-state index contributed by atoms with van der Waals surface area (Å²) in [5.74, 6) is 0. The zero-order chi connectivity index (χ0) is 29.9. The van der Waals surface area contributed by atoms with E-state index in [-0.39, 0.29) is 23.5 Å². The number of hydrogen-bond donors (Lipinski definition) is 3. The molecule has 0 aliphatic carbocycles. The maximum absolute atomic E-state index is 12.8. The number of sulfonamides is 1. The molecule has 0 spiro atoms. The number of nitrogens with two attached hydrogens (primary N) is 1. The maximum atomic E-state index is 12.8. The predicted molar refractivity (Wildman–Crippen MR) is 165 cm³/mol. The first-order chi connectivity index (χ1) is 19.5. The van der Waals surface area contributed by atoms with Crippen molar-refractivity contribution >= 4 is 53.5 Å². The van der Waals surface area contributed by atoms with Gasteiger partial charge in [0.1, 0.15) is 4.90 Å². The van der Waals surface area contributed by atoms with Gasteiger partial charge in [-0.1, -0.05) is 6.07 Å². The quantitative estimate of drug-likeness (QED) is 0.119. The third-order valence-electron chi connectivity index (χ3n) is 7.19. The van der Waals surface area contributed by atoms with Crippen molar-refractivity contribution in [2.45, 2.75) is 37.5 Å². The zero-order valence-corrected chi connectivity index (χ0v) is 25.3. The third-order valence-corrected chi connectivity index (χ3v) is 9.55. The molecule has 0 atom stereocenters. The molecule has 4 N–H and O–H groups in total. The second-order valence-corrected chi connectivity index (χ2v) is 12.7. The Hall–Kier alpha value is -3.29. The van der Waals surface area contributed by atoms with Crippen molar-refractivity contribution in [1.29, 1.82) is 0 Å². The van der Waals surface area contributed by atoms with Crippen LogP contribution in [0.3, 0.4) is 0 Å². The van der Waals surface area contributed by atoms with E-state index in [4.69, 9.17) is 10.2 Å². The minimum absolute atomic E-state index is 0.0233. The van der Waals surface area contributed by atoms with Crippen LogP contribution in [-0.4, -0.2) is 60.7 Å². The van der Waals surface area contributed by atoms with Crippen molar-refractivity contribution in [1.82, 2.24) is 4.72 Å². The van der Waals surface area contributed by atoms with Crippen LogP contribution in [0.25, 0.3) is 33.1 Å². The number of hydrogen-bond acceptors (Lipinski definition) is 7. The lowest BCUT2D eigenvalue weighted by atomic mass is 9.96. The van der Waals surface area contributed by atoms with Crippen LogP contribution in [0.1, 0.15) is 27.7 Å². The average Bonchev–Trinajstić information content (AvgIpc) is 2.95. The second kappa shape index (κ2) is 12.3. The summed E-state index contributed by atoms with van der Waals surface area (Å²) >= 11 is 0. The molecule has 0 bridgehead atoms. The largest absolute Gasteiger partial charge is 0.372 e. The van der Waals surface area contributed by atoms with Gasteiger partial charge < -0.3 is 15.5 Å². The first-order valence-corrected chi connectivity index (χ1v) is 16.6. The number of nitrogens with zero attached hydrogens (tertiary/aromatic N) is 2. The van der Waals surface area contributed by atoms with Crippen LogP contribution < -0.4 is 20.3 Å². The van der Waals surface area contributed by atoms with Crippen LogP contribution in [0.2, 0.25) is 0 Å². The zero-order valence-electron chi connectivity index (χ0n) is 23.7. The molecule has 4 aromatic rings. The summed E-state index contributed by atoms with van der Waals surface area (Å²) in [6, 6.07) is 15.1. The minimum atomic E-state index is -4.85. The van der Waals surface area contributed by atoms with E-state index >= 15 is 0 Å². The highest BCUT2D eigenvalue weighted by molar-refractivity contribution is 7.89. The van der Waals surface area contributed by atoms with Crippen LogP contribution in [0, 0.1) is 0 Å². The van der Waals surface area contributed by atoms with Crippen LogP contribution in [0.15, 0.2) is 68.8 Å². The van der Waals surface area contributed by atoms with Gasteiger partial charge in [0, 0.05) is 61.8 Å². The average molecular weight is 602 g/mol. The molecule has 0 fully saturated rings. The van der Waals surface area contributed by atoms with Gasteiger partial charge in [0.15, 0.2) is 0 Å². The molecule has 1 heterocycles. The topological polar surface area (TPSA) is 144 Å². The molecule has 10 nitrogen and oxygen atoms in total. The number of fused-ring (bicyclic) bond motifs is 2. The molecule has 41 heavy (non-hydrogen) atoms. The molecule has 0 aliphatic rings. The monoisotopic (exact) mass is 601 g/mol. The first kappa shape index (κ1) is 30.7. The van der Waals surface area contributed by atoms with E-state index in [9.17, 15) is 21.4 Å². The molecule has 0 saturated carbocycles. The van der Waals surface area contributed by atoms with Crippen molar-refractivity contribution in [2.24, 2.45) is 5.73 Å². The fourth-order valence-electron chi connectivity index (χ4n) is 5.10. The van der Waals surface area contributed by atoms with Crippen LogP contribution in [-0.2, 0) is 20.1 Å². The summed E-state index contributed by atoms with van der Waals surface area (Å²) in [6.07, 6.45) is 0. The van der Waals surface area contributed by atoms with Crippen molar-refractivity contribution in [3.8, 4) is 11.1 Å². The molecular formula is C29H37N4O6S2+. The van der Waals surface area contributed by atoms with Crippen LogP contribution >= 0.6 is 0 Å². The third kappa shape index (κ3) is 6.16. The molecule has 0 aliphatic heterocycles. The van der Waals surface area contributed by atoms with Gasteiger partial charge in [0.25, 0.3) is 10.1 Å². The summed E-state index contributed by atoms with van der Waals surface area (Å²) in [4.78, 5) is 3.51. The lowest BCUT2D eigenvalue weighted by Crippen LogP contribution is -2.29. The molecule has 4 rings (SSSR count). The normalized spacial score (nSPS) is 12.2. The van der Waals surface area contributed by atoms with Crippen molar-refractivity contribution in [3.63, 3.8) is 0 Å². The second-order valence-electron chi connectivity index (χ2n) is 9.50. The minimum Gasteiger partial charge on any atom is -0.372 e. The fourth-order valence-corrected chi connectivity index (χ4v) is 6.97. The van der Waals surface area contributed by atoms with Gasteiger partial charge in [0.2, 0.25) is 10.0 Å². The summed E-state index contributed by atoms with van der Waals surface area (Å²) in [6.45, 7) is 11.4. The standard InChI is InChI=1S/C29H36N4O6S2/c1-5-32(6-2)20-9-12-23-26(17-20)39-27-18-21(33(7-3)8-4)10-13-24(27)29(23)25-14-11-22(19-28(25)41(36,37)38)40(34,35)31-16-15-30/h9-14,17-19,31H,5-8,15-16,30H2,1-4H3/p+1. The highest BCUT2D eigenvalue weighted by Crippen LogP contribution is 2.42. The Morgan fingerprint density at radius 1 is 0.780 bits per heavy atom. The molecule has 220 valence electrons. The molecule has 0 saturated heterocycles. The van der Waals surface area contributed by atoms with Gasteiger partial charge in [0.05, 0.1) is 27.8 Å². The van der Waals surface area contributed by atoms with E-state index in [0.29, 0.717) is 27.5 Å². The Morgan fingerprint density at radius 3 is 1.73 bits per heavy atom. The lowest BCUT2D eigenvalue weighted by Gasteiger charge is -2.21. The molecule has 0 amide bonds. The van der Waals surface area contributed by atoms with E-state index in [1.807, 2.05) is 36.4 Å². The molecule has 3 aromatic carbocycles. The Kier molecular flexibility index (Phi) is 9.19. The smallest absolute Gasteiger partial charge is 0.363 e. The Bertz CT molecular complexity index is 1710. The molecule has 1 aromatic heterocycles. The summed E-state index contributed by atoms with van der Waals surface area (Å²) in [5.41, 5.74) is 9.03. The van der Waals surface area contributed by atoms with Crippen molar-refractivity contribution in [2.75, 3.05) is 49.1 Å². The number of rotatable bonds is 12. The fraction of sp³-hybridized carbons (Fsp3) is 0.345. The van der Waals surface area contributed by atoms with Gasteiger partial charge in [-0.05, 0) is 64.1 Å². The van der Waals surface area contributed by atoms with Gasteiger partial charge in [-0.25, -0.2) is 17.6 Å².